The molecule has 0 unspecified atom stereocenters. The van der Waals surface area contributed by atoms with Crippen LogP contribution < -0.4 is 4.74 Å². The number of hydrogen-bond donors (Lipinski definition) is 1. The molecule has 0 spiro atoms. The van der Waals surface area contributed by atoms with E-state index in [1.165, 1.54) is 35.0 Å². The van der Waals surface area contributed by atoms with Crippen molar-refractivity contribution in [2.45, 2.75) is 40.0 Å². The van der Waals surface area contributed by atoms with E-state index in [2.05, 4.69) is 37.0 Å². The Hall–Kier alpha value is -1.44. The molecule has 18 heavy (non-hydrogen) atoms. The van der Waals surface area contributed by atoms with Crippen molar-refractivity contribution in [3.05, 3.63) is 29.5 Å². The van der Waals surface area contributed by atoms with E-state index >= 15 is 0 Å². The molecular formula is C16H21NO. The first kappa shape index (κ1) is 11.6. The number of hydrogen-bond acceptors (Lipinski definition) is 1. The van der Waals surface area contributed by atoms with Gasteiger partial charge in [-0.05, 0) is 55.4 Å². The molecule has 1 heterocycles. The van der Waals surface area contributed by atoms with Crippen LogP contribution in [0.15, 0.2) is 18.2 Å². The summed E-state index contributed by atoms with van der Waals surface area (Å²) < 4.78 is 5.61. The van der Waals surface area contributed by atoms with Gasteiger partial charge >= 0.3 is 0 Å². The highest BCUT2D eigenvalue weighted by Gasteiger charge is 2.27. The SMILES string of the molecule is CCOc1ccc2[nH]c3c(c2c1)CC(C)(C)CC3. The van der Waals surface area contributed by atoms with E-state index in [0.29, 0.717) is 5.41 Å². The van der Waals surface area contributed by atoms with E-state index in [4.69, 9.17) is 4.74 Å². The highest BCUT2D eigenvalue weighted by molar-refractivity contribution is 5.86. The summed E-state index contributed by atoms with van der Waals surface area (Å²) in [5, 5.41) is 1.35. The molecule has 3 rings (SSSR count). The number of nitrogens with one attached hydrogen (secondary N) is 1. The lowest BCUT2D eigenvalue weighted by atomic mass is 9.76. The molecule has 2 nitrogen and oxygen atoms in total. The third kappa shape index (κ3) is 1.90. The van der Waals surface area contributed by atoms with E-state index in [1.807, 2.05) is 6.92 Å². The molecule has 0 radical (unpaired) electrons. The average molecular weight is 243 g/mol. The van der Waals surface area contributed by atoms with Gasteiger partial charge in [-0.3, -0.25) is 0 Å². The highest BCUT2D eigenvalue weighted by Crippen LogP contribution is 2.39. The molecular weight excluding hydrogens is 222 g/mol. The molecule has 96 valence electrons. The molecule has 2 heteroatoms. The Labute approximate surface area is 108 Å². The normalized spacial score (nSPS) is 17.7. The van der Waals surface area contributed by atoms with Gasteiger partial charge in [-0.1, -0.05) is 13.8 Å². The first-order valence-corrected chi connectivity index (χ1v) is 6.85. The molecule has 1 aliphatic carbocycles. The maximum absolute atomic E-state index is 5.61. The molecule has 1 aromatic heterocycles. The number of benzene rings is 1. The molecule has 0 bridgehead atoms. The Morgan fingerprint density at radius 1 is 1.33 bits per heavy atom. The van der Waals surface area contributed by atoms with Gasteiger partial charge < -0.3 is 9.72 Å². The van der Waals surface area contributed by atoms with Crippen LogP contribution in [0.2, 0.25) is 0 Å². The predicted octanol–water partition coefficient (Wildman–Crippen LogP) is 4.08. The number of rotatable bonds is 2. The van der Waals surface area contributed by atoms with Crippen LogP contribution >= 0.6 is 0 Å². The van der Waals surface area contributed by atoms with Gasteiger partial charge in [-0.2, -0.15) is 0 Å². The van der Waals surface area contributed by atoms with Crippen molar-refractivity contribution in [3.8, 4) is 5.75 Å². The van der Waals surface area contributed by atoms with E-state index in [9.17, 15) is 0 Å². The fourth-order valence-electron chi connectivity index (χ4n) is 2.98. The standard InChI is InChI=1S/C16H21NO/c1-4-18-11-5-6-14-12(9-11)13-10-16(2,3)8-7-15(13)17-14/h5-6,9,17H,4,7-8,10H2,1-3H3. The molecule has 0 fully saturated rings. The molecule has 1 N–H and O–H groups in total. The van der Waals surface area contributed by atoms with Crippen molar-refractivity contribution in [1.82, 2.24) is 4.98 Å². The summed E-state index contributed by atoms with van der Waals surface area (Å²) in [6.07, 6.45) is 3.60. The van der Waals surface area contributed by atoms with Gasteiger partial charge in [-0.15, -0.1) is 0 Å². The van der Waals surface area contributed by atoms with Crippen molar-refractivity contribution in [3.63, 3.8) is 0 Å². The van der Waals surface area contributed by atoms with Crippen molar-refractivity contribution < 1.29 is 4.74 Å². The zero-order chi connectivity index (χ0) is 12.8. The molecule has 0 aliphatic heterocycles. The first-order valence-electron chi connectivity index (χ1n) is 6.85. The smallest absolute Gasteiger partial charge is 0.120 e. The maximum atomic E-state index is 5.61. The number of aryl methyl sites for hydroxylation is 1. The van der Waals surface area contributed by atoms with Crippen LogP contribution in [0.3, 0.4) is 0 Å². The van der Waals surface area contributed by atoms with Crippen LogP contribution in [0, 0.1) is 5.41 Å². The molecule has 2 aromatic rings. The number of H-pyrrole nitrogens is 1. The first-order chi connectivity index (χ1) is 8.59. The Kier molecular flexibility index (Phi) is 2.61. The van der Waals surface area contributed by atoms with Crippen molar-refractivity contribution in [1.29, 1.82) is 0 Å². The second kappa shape index (κ2) is 4.04. The molecule has 1 aliphatic rings. The summed E-state index contributed by atoms with van der Waals surface area (Å²) in [5.41, 5.74) is 4.60. The summed E-state index contributed by atoms with van der Waals surface area (Å²) >= 11 is 0. The summed E-state index contributed by atoms with van der Waals surface area (Å²) in [6.45, 7) is 7.48. The number of aromatic amines is 1. The Morgan fingerprint density at radius 2 is 2.17 bits per heavy atom. The Balaban J connectivity index is 2.11. The molecule has 0 saturated carbocycles. The number of fused-ring (bicyclic) bond motifs is 3. The fraction of sp³-hybridized carbons (Fsp3) is 0.500. The van der Waals surface area contributed by atoms with Crippen LogP contribution in [0.5, 0.6) is 5.75 Å². The van der Waals surface area contributed by atoms with Crippen LogP contribution in [0.25, 0.3) is 10.9 Å². The summed E-state index contributed by atoms with van der Waals surface area (Å²) in [5.74, 6) is 0.982. The minimum Gasteiger partial charge on any atom is -0.494 e. The lowest BCUT2D eigenvalue weighted by molar-refractivity contribution is 0.315. The minimum atomic E-state index is 0.420. The van der Waals surface area contributed by atoms with Crippen molar-refractivity contribution >= 4 is 10.9 Å². The van der Waals surface area contributed by atoms with Crippen LogP contribution in [-0.4, -0.2) is 11.6 Å². The summed E-state index contributed by atoms with van der Waals surface area (Å²) in [4.78, 5) is 3.57. The van der Waals surface area contributed by atoms with E-state index in [1.54, 1.807) is 0 Å². The fourth-order valence-corrected chi connectivity index (χ4v) is 2.98. The van der Waals surface area contributed by atoms with Crippen molar-refractivity contribution in [2.24, 2.45) is 5.41 Å². The van der Waals surface area contributed by atoms with Crippen LogP contribution in [-0.2, 0) is 12.8 Å². The van der Waals surface area contributed by atoms with Gasteiger partial charge in [0.15, 0.2) is 0 Å². The molecule has 0 atom stereocenters. The summed E-state index contributed by atoms with van der Waals surface area (Å²) in [6, 6.07) is 6.39. The molecule has 0 saturated heterocycles. The average Bonchev–Trinajstić information content (AvgIpc) is 2.66. The zero-order valence-electron chi connectivity index (χ0n) is 11.5. The van der Waals surface area contributed by atoms with Gasteiger partial charge in [0.1, 0.15) is 5.75 Å². The van der Waals surface area contributed by atoms with Crippen LogP contribution in [0.4, 0.5) is 0 Å². The van der Waals surface area contributed by atoms with Gasteiger partial charge in [0, 0.05) is 16.6 Å². The topological polar surface area (TPSA) is 25.0 Å². The lowest BCUT2D eigenvalue weighted by Gasteiger charge is -2.29. The zero-order valence-corrected chi connectivity index (χ0v) is 11.5. The Bertz CT molecular complexity index is 580. The second-order valence-electron chi connectivity index (χ2n) is 6.06. The monoisotopic (exact) mass is 243 g/mol. The van der Waals surface area contributed by atoms with Crippen LogP contribution in [0.1, 0.15) is 38.4 Å². The second-order valence-corrected chi connectivity index (χ2v) is 6.06. The molecule has 1 aromatic carbocycles. The van der Waals surface area contributed by atoms with Gasteiger partial charge in [0.2, 0.25) is 0 Å². The predicted molar refractivity (Wildman–Crippen MR) is 75.3 cm³/mol. The lowest BCUT2D eigenvalue weighted by Crippen LogP contribution is -2.21. The number of aromatic nitrogens is 1. The number of ether oxygens (including phenoxy) is 1. The van der Waals surface area contributed by atoms with E-state index in [0.717, 1.165) is 18.8 Å². The van der Waals surface area contributed by atoms with E-state index in [-0.39, 0.29) is 0 Å². The largest absolute Gasteiger partial charge is 0.494 e. The highest BCUT2D eigenvalue weighted by atomic mass is 16.5. The van der Waals surface area contributed by atoms with Gasteiger partial charge in [0.25, 0.3) is 0 Å². The van der Waals surface area contributed by atoms with E-state index < -0.39 is 0 Å². The van der Waals surface area contributed by atoms with Gasteiger partial charge in [0.05, 0.1) is 6.61 Å². The molecule has 0 amide bonds. The minimum absolute atomic E-state index is 0.420. The summed E-state index contributed by atoms with van der Waals surface area (Å²) in [7, 11) is 0. The Morgan fingerprint density at radius 3 is 2.94 bits per heavy atom. The third-order valence-electron chi connectivity index (χ3n) is 3.98. The third-order valence-corrected chi connectivity index (χ3v) is 3.98. The van der Waals surface area contributed by atoms with Gasteiger partial charge in [-0.25, -0.2) is 0 Å². The quantitative estimate of drug-likeness (QED) is 0.844. The maximum Gasteiger partial charge on any atom is 0.120 e. The van der Waals surface area contributed by atoms with Crippen molar-refractivity contribution in [2.75, 3.05) is 6.61 Å².